The number of aliphatic hydroxyl groups is 1. The molecule has 0 fully saturated rings. The Morgan fingerprint density at radius 3 is 2.80 bits per heavy atom. The van der Waals surface area contributed by atoms with E-state index in [1.165, 1.54) is 6.92 Å². The predicted octanol–water partition coefficient (Wildman–Crippen LogP) is 0.630. The molecule has 0 bridgehead atoms. The van der Waals surface area contributed by atoms with Gasteiger partial charge in [0.2, 0.25) is 0 Å². The molecule has 0 unspecified atom stereocenters. The number of rotatable bonds is 4. The number of aliphatic hydroxyl groups excluding tert-OH is 1. The average Bonchev–Trinajstić information content (AvgIpc) is 1.82. The first-order valence-electron chi connectivity index (χ1n) is 3.21. The summed E-state index contributed by atoms with van der Waals surface area (Å²) in [5, 5.41) is 17.1. The molecule has 0 aromatic rings. The summed E-state index contributed by atoms with van der Waals surface area (Å²) in [5.41, 5.74) is 0. The number of nitrogens with zero attached hydrogens (tertiary/aromatic N) is 1. The highest BCUT2D eigenvalue weighted by Crippen LogP contribution is 2.00. The summed E-state index contributed by atoms with van der Waals surface area (Å²) < 4.78 is 0. The maximum absolute atomic E-state index is 10.4. The summed E-state index contributed by atoms with van der Waals surface area (Å²) in [5.74, 6) is -0.0366. The van der Waals surface area contributed by atoms with Gasteiger partial charge in [-0.25, -0.2) is 0 Å². The zero-order valence-corrected chi connectivity index (χ0v) is 6.00. The summed E-state index contributed by atoms with van der Waals surface area (Å²) in [6, 6.07) is 1.90. The molecule has 3 heteroatoms. The van der Waals surface area contributed by atoms with Gasteiger partial charge in [0.15, 0.2) is 0 Å². The Morgan fingerprint density at radius 2 is 2.40 bits per heavy atom. The Kier molecular flexibility index (Phi) is 4.51. The Bertz CT molecular complexity index is 148. The van der Waals surface area contributed by atoms with E-state index in [-0.39, 0.29) is 12.2 Å². The van der Waals surface area contributed by atoms with E-state index in [4.69, 9.17) is 10.4 Å². The minimum atomic E-state index is -0.628. The first-order chi connectivity index (χ1) is 4.66. The molecular weight excluding hydrogens is 130 g/mol. The van der Waals surface area contributed by atoms with Crippen LogP contribution in [0.5, 0.6) is 0 Å². The third-order valence-electron chi connectivity index (χ3n) is 1.11. The van der Waals surface area contributed by atoms with Gasteiger partial charge in [0.25, 0.3) is 0 Å². The Morgan fingerprint density at radius 1 is 1.80 bits per heavy atom. The second-order valence-corrected chi connectivity index (χ2v) is 2.26. The second kappa shape index (κ2) is 4.95. The molecule has 0 aromatic carbocycles. The van der Waals surface area contributed by atoms with Gasteiger partial charge in [-0.05, 0) is 13.3 Å². The first-order valence-corrected chi connectivity index (χ1v) is 3.21. The van der Waals surface area contributed by atoms with E-state index in [0.717, 1.165) is 0 Å². The van der Waals surface area contributed by atoms with Gasteiger partial charge in [-0.2, -0.15) is 5.26 Å². The summed E-state index contributed by atoms with van der Waals surface area (Å²) in [7, 11) is 0. The van der Waals surface area contributed by atoms with Crippen LogP contribution in [0.25, 0.3) is 0 Å². The van der Waals surface area contributed by atoms with Crippen LogP contribution in [0.4, 0.5) is 0 Å². The highest BCUT2D eigenvalue weighted by molar-refractivity contribution is 5.75. The molecular formula is C7H11NO2. The Balaban J connectivity index is 3.36. The Labute approximate surface area is 60.3 Å². The molecule has 0 saturated carbocycles. The maximum atomic E-state index is 10.4. The molecule has 0 aliphatic carbocycles. The monoisotopic (exact) mass is 141 g/mol. The number of ketones is 1. The van der Waals surface area contributed by atoms with Crippen molar-refractivity contribution in [2.45, 2.75) is 32.3 Å². The van der Waals surface area contributed by atoms with Gasteiger partial charge in [0.1, 0.15) is 5.78 Å². The lowest BCUT2D eigenvalue weighted by atomic mass is 10.1. The van der Waals surface area contributed by atoms with E-state index in [2.05, 4.69) is 0 Å². The van der Waals surface area contributed by atoms with Crippen LogP contribution >= 0.6 is 0 Å². The van der Waals surface area contributed by atoms with E-state index in [1.807, 2.05) is 6.07 Å². The summed E-state index contributed by atoms with van der Waals surface area (Å²) in [6.07, 6.45) is 0.254. The molecule has 10 heavy (non-hydrogen) atoms. The summed E-state index contributed by atoms with van der Waals surface area (Å²) in [4.78, 5) is 10.4. The molecule has 0 aliphatic rings. The lowest BCUT2D eigenvalue weighted by molar-refractivity contribution is -0.118. The van der Waals surface area contributed by atoms with E-state index in [9.17, 15) is 4.79 Å². The topological polar surface area (TPSA) is 61.1 Å². The highest BCUT2D eigenvalue weighted by atomic mass is 16.3. The first kappa shape index (κ1) is 9.12. The van der Waals surface area contributed by atoms with E-state index < -0.39 is 6.10 Å². The fraction of sp³-hybridized carbons (Fsp3) is 0.714. The van der Waals surface area contributed by atoms with Crippen LogP contribution in [-0.2, 0) is 4.79 Å². The van der Waals surface area contributed by atoms with Crippen molar-refractivity contribution in [2.24, 2.45) is 0 Å². The quantitative estimate of drug-likeness (QED) is 0.624. The number of carbonyl (C=O) groups excluding carboxylic acids is 1. The lowest BCUT2D eigenvalue weighted by Crippen LogP contribution is -2.10. The van der Waals surface area contributed by atoms with Crippen molar-refractivity contribution in [2.75, 3.05) is 0 Å². The molecule has 0 heterocycles. The maximum Gasteiger partial charge on any atom is 0.132 e. The van der Waals surface area contributed by atoms with Crippen LogP contribution in [0.3, 0.4) is 0 Å². The SMILES string of the molecule is CC(=O)C[C@H](O)CCC#N. The van der Waals surface area contributed by atoms with Gasteiger partial charge in [-0.3, -0.25) is 4.79 Å². The molecule has 1 atom stereocenters. The predicted molar refractivity (Wildman–Crippen MR) is 36.2 cm³/mol. The molecule has 1 N–H and O–H groups in total. The fourth-order valence-electron chi connectivity index (χ4n) is 0.665. The molecule has 0 saturated heterocycles. The van der Waals surface area contributed by atoms with Crippen molar-refractivity contribution < 1.29 is 9.90 Å². The van der Waals surface area contributed by atoms with E-state index >= 15 is 0 Å². The molecule has 3 nitrogen and oxygen atoms in total. The highest BCUT2D eigenvalue weighted by Gasteiger charge is 2.05. The van der Waals surface area contributed by atoms with Crippen molar-refractivity contribution in [1.29, 1.82) is 5.26 Å². The standard InChI is InChI=1S/C7H11NO2/c1-6(9)5-7(10)3-2-4-8/h7,10H,2-3,5H2,1H3/t7-/m1/s1. The van der Waals surface area contributed by atoms with Crippen LogP contribution < -0.4 is 0 Å². The van der Waals surface area contributed by atoms with Crippen LogP contribution in [0.2, 0.25) is 0 Å². The number of hydrogen-bond donors (Lipinski definition) is 1. The smallest absolute Gasteiger partial charge is 0.132 e. The second-order valence-electron chi connectivity index (χ2n) is 2.26. The molecule has 0 rings (SSSR count). The minimum Gasteiger partial charge on any atom is -0.393 e. The third kappa shape index (κ3) is 5.26. The molecule has 0 spiro atoms. The number of Topliss-reactive ketones (excluding diaryl/α,β-unsaturated/α-hetero) is 1. The molecule has 56 valence electrons. The van der Waals surface area contributed by atoms with Crippen molar-refractivity contribution in [1.82, 2.24) is 0 Å². The third-order valence-corrected chi connectivity index (χ3v) is 1.11. The molecule has 0 aromatic heterocycles. The van der Waals surface area contributed by atoms with Crippen LogP contribution in [0.15, 0.2) is 0 Å². The number of nitriles is 1. The van der Waals surface area contributed by atoms with Gasteiger partial charge >= 0.3 is 0 Å². The van der Waals surface area contributed by atoms with Crippen molar-refractivity contribution in [3.8, 4) is 6.07 Å². The van der Waals surface area contributed by atoms with Crippen LogP contribution in [0, 0.1) is 11.3 Å². The largest absolute Gasteiger partial charge is 0.393 e. The van der Waals surface area contributed by atoms with Crippen LogP contribution in [0.1, 0.15) is 26.2 Å². The zero-order valence-electron chi connectivity index (χ0n) is 6.00. The van der Waals surface area contributed by atoms with Gasteiger partial charge in [-0.15, -0.1) is 0 Å². The number of hydrogen-bond acceptors (Lipinski definition) is 3. The molecule has 0 radical (unpaired) electrons. The van der Waals surface area contributed by atoms with E-state index in [1.54, 1.807) is 0 Å². The lowest BCUT2D eigenvalue weighted by Gasteiger charge is -2.03. The molecule has 0 aliphatic heterocycles. The fourth-order valence-corrected chi connectivity index (χ4v) is 0.665. The van der Waals surface area contributed by atoms with Gasteiger partial charge in [-0.1, -0.05) is 0 Å². The van der Waals surface area contributed by atoms with Crippen molar-refractivity contribution >= 4 is 5.78 Å². The normalized spacial score (nSPS) is 12.1. The summed E-state index contributed by atoms with van der Waals surface area (Å²) >= 11 is 0. The zero-order chi connectivity index (χ0) is 7.98. The molecule has 0 amide bonds. The van der Waals surface area contributed by atoms with E-state index in [0.29, 0.717) is 12.8 Å². The van der Waals surface area contributed by atoms with Gasteiger partial charge in [0.05, 0.1) is 12.2 Å². The Hall–Kier alpha value is -0.880. The minimum absolute atomic E-state index is 0.0366. The number of carbonyl (C=O) groups is 1. The average molecular weight is 141 g/mol. The van der Waals surface area contributed by atoms with Gasteiger partial charge in [0, 0.05) is 12.8 Å². The van der Waals surface area contributed by atoms with Crippen LogP contribution in [-0.4, -0.2) is 17.0 Å². The van der Waals surface area contributed by atoms with Gasteiger partial charge < -0.3 is 5.11 Å². The van der Waals surface area contributed by atoms with Crippen molar-refractivity contribution in [3.63, 3.8) is 0 Å². The summed E-state index contributed by atoms with van der Waals surface area (Å²) in [6.45, 7) is 1.43. The van der Waals surface area contributed by atoms with Crippen molar-refractivity contribution in [3.05, 3.63) is 0 Å².